The molecule has 69 valence electrons. The lowest BCUT2D eigenvalue weighted by molar-refractivity contribution is 0.120. The van der Waals surface area contributed by atoms with Gasteiger partial charge >= 0.3 is 6.16 Å². The second kappa shape index (κ2) is 4.35. The molecule has 0 amide bonds. The smallest absolute Gasteiger partial charge is 0.486 e. The van der Waals surface area contributed by atoms with Crippen LogP contribution < -0.4 is 9.47 Å². The Morgan fingerprint density at radius 3 is 2.46 bits per heavy atom. The Hall–Kier alpha value is -1.71. The SMILES string of the molecule is [CH2]Oc1ccccc1OC(=O)OC. The van der Waals surface area contributed by atoms with Crippen LogP contribution in [-0.4, -0.2) is 13.3 Å². The fraction of sp³-hybridized carbons (Fsp3) is 0.111. The van der Waals surface area contributed by atoms with Gasteiger partial charge in [-0.2, -0.15) is 0 Å². The Morgan fingerprint density at radius 2 is 1.92 bits per heavy atom. The first-order valence-electron chi connectivity index (χ1n) is 3.54. The maximum absolute atomic E-state index is 10.7. The molecule has 0 saturated heterocycles. The molecule has 0 atom stereocenters. The highest BCUT2D eigenvalue weighted by Gasteiger charge is 2.07. The number of hydrogen-bond acceptors (Lipinski definition) is 4. The summed E-state index contributed by atoms with van der Waals surface area (Å²) in [6, 6.07) is 6.66. The van der Waals surface area contributed by atoms with Gasteiger partial charge in [0.15, 0.2) is 11.5 Å². The molecule has 0 N–H and O–H groups in total. The van der Waals surface area contributed by atoms with Gasteiger partial charge in [0.2, 0.25) is 0 Å². The van der Waals surface area contributed by atoms with Gasteiger partial charge < -0.3 is 14.2 Å². The molecule has 0 bridgehead atoms. The van der Waals surface area contributed by atoms with Gasteiger partial charge in [0.25, 0.3) is 0 Å². The van der Waals surface area contributed by atoms with Crippen LogP contribution in [0.15, 0.2) is 24.3 Å². The fourth-order valence-electron chi connectivity index (χ4n) is 0.785. The first kappa shape index (κ1) is 9.38. The lowest BCUT2D eigenvalue weighted by Gasteiger charge is -2.06. The van der Waals surface area contributed by atoms with Crippen molar-refractivity contribution in [3.8, 4) is 11.5 Å². The molecule has 0 heterocycles. The molecule has 0 aliphatic heterocycles. The van der Waals surface area contributed by atoms with Crippen LogP contribution in [0.5, 0.6) is 11.5 Å². The molecule has 0 aliphatic carbocycles. The van der Waals surface area contributed by atoms with Crippen molar-refractivity contribution in [2.45, 2.75) is 0 Å². The summed E-state index contributed by atoms with van der Waals surface area (Å²) in [6.45, 7) is 0. The first-order chi connectivity index (χ1) is 6.27. The van der Waals surface area contributed by atoms with E-state index in [4.69, 9.17) is 9.47 Å². The Bertz CT molecular complexity index is 295. The van der Waals surface area contributed by atoms with Gasteiger partial charge in [0, 0.05) is 0 Å². The quantitative estimate of drug-likeness (QED) is 0.517. The molecule has 13 heavy (non-hydrogen) atoms. The van der Waals surface area contributed by atoms with Crippen molar-refractivity contribution in [1.29, 1.82) is 0 Å². The Kier molecular flexibility index (Phi) is 3.14. The van der Waals surface area contributed by atoms with Crippen molar-refractivity contribution < 1.29 is 19.0 Å². The van der Waals surface area contributed by atoms with Crippen LogP contribution in [0.2, 0.25) is 0 Å². The third-order valence-electron chi connectivity index (χ3n) is 1.36. The number of para-hydroxylation sites is 2. The molecule has 0 saturated carbocycles. The predicted molar refractivity (Wildman–Crippen MR) is 45.5 cm³/mol. The summed E-state index contributed by atoms with van der Waals surface area (Å²) in [5.74, 6) is 0.664. The van der Waals surface area contributed by atoms with E-state index in [1.165, 1.54) is 7.11 Å². The van der Waals surface area contributed by atoms with Crippen molar-refractivity contribution in [3.63, 3.8) is 0 Å². The van der Waals surface area contributed by atoms with E-state index in [-0.39, 0.29) is 5.75 Å². The number of carbonyl (C=O) groups is 1. The van der Waals surface area contributed by atoms with Crippen LogP contribution in [0.4, 0.5) is 4.79 Å². The van der Waals surface area contributed by atoms with Gasteiger partial charge in [-0.3, -0.25) is 0 Å². The number of ether oxygens (including phenoxy) is 3. The molecule has 0 spiro atoms. The summed E-state index contributed by atoms with van der Waals surface area (Å²) in [5.41, 5.74) is 0. The molecule has 1 radical (unpaired) electrons. The van der Waals surface area contributed by atoms with E-state index in [1.54, 1.807) is 24.3 Å². The highest BCUT2D eigenvalue weighted by molar-refractivity contribution is 5.65. The van der Waals surface area contributed by atoms with Crippen LogP contribution in [0.3, 0.4) is 0 Å². The van der Waals surface area contributed by atoms with Crippen LogP contribution in [0.25, 0.3) is 0 Å². The van der Waals surface area contributed by atoms with E-state index >= 15 is 0 Å². The van der Waals surface area contributed by atoms with Gasteiger partial charge in [-0.25, -0.2) is 4.79 Å². The molecule has 4 nitrogen and oxygen atoms in total. The molecular formula is C9H9O4. The lowest BCUT2D eigenvalue weighted by atomic mass is 10.3. The normalized spacial score (nSPS) is 9.08. The van der Waals surface area contributed by atoms with E-state index in [9.17, 15) is 4.79 Å². The topological polar surface area (TPSA) is 44.8 Å². The third-order valence-corrected chi connectivity index (χ3v) is 1.36. The van der Waals surface area contributed by atoms with Gasteiger partial charge in [-0.05, 0) is 12.1 Å². The Labute approximate surface area is 76.0 Å². The number of hydrogen-bond donors (Lipinski definition) is 0. The zero-order chi connectivity index (χ0) is 9.68. The van der Waals surface area contributed by atoms with Gasteiger partial charge in [-0.15, -0.1) is 0 Å². The molecular weight excluding hydrogens is 172 g/mol. The summed E-state index contributed by atoms with van der Waals surface area (Å²) >= 11 is 0. The number of rotatable bonds is 2. The van der Waals surface area contributed by atoms with E-state index in [2.05, 4.69) is 11.8 Å². The molecule has 1 aromatic rings. The van der Waals surface area contributed by atoms with Crippen molar-refractivity contribution in [1.82, 2.24) is 0 Å². The second-order valence-corrected chi connectivity index (χ2v) is 2.15. The van der Waals surface area contributed by atoms with Gasteiger partial charge in [0.05, 0.1) is 7.11 Å². The summed E-state index contributed by atoms with van der Waals surface area (Å²) in [5, 5.41) is 0. The predicted octanol–water partition coefficient (Wildman–Crippen LogP) is 2.00. The van der Waals surface area contributed by atoms with Gasteiger partial charge in [0.1, 0.15) is 7.11 Å². The first-order valence-corrected chi connectivity index (χ1v) is 3.54. The molecule has 0 fully saturated rings. The van der Waals surface area contributed by atoms with E-state index in [1.807, 2.05) is 0 Å². The molecule has 0 aromatic heterocycles. The van der Waals surface area contributed by atoms with Crippen LogP contribution in [0.1, 0.15) is 0 Å². The molecule has 0 unspecified atom stereocenters. The number of methoxy groups -OCH3 is 1. The van der Waals surface area contributed by atoms with Crippen molar-refractivity contribution in [3.05, 3.63) is 31.4 Å². The lowest BCUT2D eigenvalue weighted by Crippen LogP contribution is -2.07. The third kappa shape index (κ3) is 2.37. The van der Waals surface area contributed by atoms with E-state index < -0.39 is 6.16 Å². The maximum atomic E-state index is 10.7. The monoisotopic (exact) mass is 181 g/mol. The van der Waals surface area contributed by atoms with Crippen molar-refractivity contribution in [2.75, 3.05) is 7.11 Å². The summed E-state index contributed by atoms with van der Waals surface area (Å²) in [6.07, 6.45) is -0.787. The molecule has 1 aromatic carbocycles. The Morgan fingerprint density at radius 1 is 1.31 bits per heavy atom. The Balaban J connectivity index is 2.81. The van der Waals surface area contributed by atoms with Crippen molar-refractivity contribution in [2.24, 2.45) is 0 Å². The average Bonchev–Trinajstić information content (AvgIpc) is 2.18. The summed E-state index contributed by atoms with van der Waals surface area (Å²) < 4.78 is 13.8. The van der Waals surface area contributed by atoms with Gasteiger partial charge in [-0.1, -0.05) is 12.1 Å². The largest absolute Gasteiger partial charge is 0.513 e. The molecule has 4 heteroatoms. The van der Waals surface area contributed by atoms with Crippen molar-refractivity contribution >= 4 is 6.16 Å². The van der Waals surface area contributed by atoms with Crippen LogP contribution in [-0.2, 0) is 4.74 Å². The molecule has 1 rings (SSSR count). The van der Waals surface area contributed by atoms with E-state index in [0.29, 0.717) is 5.75 Å². The van der Waals surface area contributed by atoms with Crippen LogP contribution in [0, 0.1) is 7.11 Å². The fourth-order valence-corrected chi connectivity index (χ4v) is 0.785. The standard InChI is InChI=1S/C9H9O4/c1-11-7-5-3-4-6-8(7)13-9(10)12-2/h3-6H,1H2,2H3. The highest BCUT2D eigenvalue weighted by atomic mass is 16.7. The minimum absolute atomic E-state index is 0.282. The maximum Gasteiger partial charge on any atom is 0.513 e. The second-order valence-electron chi connectivity index (χ2n) is 2.15. The van der Waals surface area contributed by atoms with E-state index in [0.717, 1.165) is 0 Å². The minimum atomic E-state index is -0.787. The average molecular weight is 181 g/mol. The minimum Gasteiger partial charge on any atom is -0.486 e. The highest BCUT2D eigenvalue weighted by Crippen LogP contribution is 2.26. The zero-order valence-corrected chi connectivity index (χ0v) is 7.15. The number of benzene rings is 1. The van der Waals surface area contributed by atoms with Crippen LogP contribution >= 0.6 is 0 Å². The summed E-state index contributed by atoms with van der Waals surface area (Å²) in [4.78, 5) is 10.7. The molecule has 0 aliphatic rings. The number of carbonyl (C=O) groups excluding carboxylic acids is 1. The summed E-state index contributed by atoms with van der Waals surface area (Å²) in [7, 11) is 4.45. The zero-order valence-electron chi connectivity index (χ0n) is 7.15.